The van der Waals surface area contributed by atoms with Crippen LogP contribution in [0, 0.1) is 11.3 Å². The third kappa shape index (κ3) is 4.09. The molecule has 2 atom stereocenters. The van der Waals surface area contributed by atoms with Gasteiger partial charge in [-0.2, -0.15) is 5.26 Å². The molecule has 16 heavy (non-hydrogen) atoms. The number of hydrogen-bond donors (Lipinski definition) is 1. The molecule has 1 heterocycles. The molecule has 0 amide bonds. The highest BCUT2D eigenvalue weighted by atomic mass is 15.2. The third-order valence-electron chi connectivity index (χ3n) is 3.29. The Morgan fingerprint density at radius 1 is 1.50 bits per heavy atom. The molecule has 4 heteroatoms. The SMILES string of the molecule is CC1CCNCC(CC#N)N1CCN(C)C. The van der Waals surface area contributed by atoms with Crippen molar-refractivity contribution >= 4 is 0 Å². The monoisotopic (exact) mass is 224 g/mol. The summed E-state index contributed by atoms with van der Waals surface area (Å²) in [6.07, 6.45) is 1.81. The molecule has 0 aliphatic carbocycles. The van der Waals surface area contributed by atoms with E-state index < -0.39 is 0 Å². The van der Waals surface area contributed by atoms with E-state index in [2.05, 4.69) is 42.2 Å². The maximum atomic E-state index is 8.88. The van der Waals surface area contributed by atoms with E-state index in [9.17, 15) is 0 Å². The molecule has 0 aromatic carbocycles. The van der Waals surface area contributed by atoms with Gasteiger partial charge in [-0.1, -0.05) is 0 Å². The van der Waals surface area contributed by atoms with E-state index in [1.807, 2.05) is 0 Å². The van der Waals surface area contributed by atoms with Crippen LogP contribution in [0.1, 0.15) is 19.8 Å². The molecule has 92 valence electrons. The van der Waals surface area contributed by atoms with Crippen LogP contribution in [0.4, 0.5) is 0 Å². The van der Waals surface area contributed by atoms with Crippen molar-refractivity contribution in [1.82, 2.24) is 15.1 Å². The molecule has 0 bridgehead atoms. The van der Waals surface area contributed by atoms with Gasteiger partial charge in [-0.15, -0.1) is 0 Å². The standard InChI is InChI=1S/C12H24N4/c1-11-5-7-14-10-12(4-6-13)16(11)9-8-15(2)3/h11-12,14H,4-5,7-10H2,1-3H3. The Morgan fingerprint density at radius 3 is 2.88 bits per heavy atom. The minimum atomic E-state index is 0.377. The van der Waals surface area contributed by atoms with Crippen molar-refractivity contribution < 1.29 is 0 Å². The summed E-state index contributed by atoms with van der Waals surface area (Å²) in [6.45, 7) is 6.41. The first-order chi connectivity index (χ1) is 7.65. The van der Waals surface area contributed by atoms with Gasteiger partial charge >= 0.3 is 0 Å². The highest BCUT2D eigenvalue weighted by Crippen LogP contribution is 2.13. The van der Waals surface area contributed by atoms with Crippen LogP contribution in [0.2, 0.25) is 0 Å². The van der Waals surface area contributed by atoms with Gasteiger partial charge in [0.1, 0.15) is 0 Å². The van der Waals surface area contributed by atoms with Gasteiger partial charge in [-0.3, -0.25) is 4.90 Å². The highest BCUT2D eigenvalue weighted by molar-refractivity contribution is 4.89. The highest BCUT2D eigenvalue weighted by Gasteiger charge is 2.25. The first-order valence-corrected chi connectivity index (χ1v) is 6.13. The Bertz CT molecular complexity index is 234. The fraction of sp³-hybridized carbons (Fsp3) is 0.917. The minimum Gasteiger partial charge on any atom is -0.315 e. The number of nitrogens with zero attached hydrogens (tertiary/aromatic N) is 3. The molecule has 1 aliphatic rings. The van der Waals surface area contributed by atoms with E-state index in [0.29, 0.717) is 18.5 Å². The van der Waals surface area contributed by atoms with Crippen LogP contribution in [-0.4, -0.2) is 62.2 Å². The van der Waals surface area contributed by atoms with Gasteiger partial charge in [0.15, 0.2) is 0 Å². The summed E-state index contributed by atoms with van der Waals surface area (Å²) in [7, 11) is 4.19. The molecule has 0 spiro atoms. The summed E-state index contributed by atoms with van der Waals surface area (Å²) in [5.41, 5.74) is 0. The fourth-order valence-corrected chi connectivity index (χ4v) is 2.24. The van der Waals surface area contributed by atoms with Gasteiger partial charge in [-0.25, -0.2) is 0 Å². The number of likely N-dealkylation sites (N-methyl/N-ethyl adjacent to an activating group) is 1. The summed E-state index contributed by atoms with van der Waals surface area (Å²) in [5, 5.41) is 12.3. The minimum absolute atomic E-state index is 0.377. The first-order valence-electron chi connectivity index (χ1n) is 6.13. The predicted molar refractivity (Wildman–Crippen MR) is 66.2 cm³/mol. The maximum absolute atomic E-state index is 8.88. The van der Waals surface area contributed by atoms with Crippen molar-refractivity contribution in [2.75, 3.05) is 40.3 Å². The van der Waals surface area contributed by atoms with Gasteiger partial charge in [0.05, 0.1) is 12.5 Å². The summed E-state index contributed by atoms with van der Waals surface area (Å²) in [6, 6.07) is 3.26. The third-order valence-corrected chi connectivity index (χ3v) is 3.29. The van der Waals surface area contributed by atoms with E-state index in [1.54, 1.807) is 0 Å². The molecule has 2 unspecified atom stereocenters. The molecule has 1 aliphatic heterocycles. The quantitative estimate of drug-likeness (QED) is 0.756. The van der Waals surface area contributed by atoms with Crippen molar-refractivity contribution in [3.63, 3.8) is 0 Å². The lowest BCUT2D eigenvalue weighted by atomic mass is 10.1. The second-order valence-electron chi connectivity index (χ2n) is 4.90. The molecule has 1 N–H and O–H groups in total. The van der Waals surface area contributed by atoms with Crippen molar-refractivity contribution in [3.8, 4) is 6.07 Å². The predicted octanol–water partition coefficient (Wildman–Crippen LogP) is 0.514. The number of nitriles is 1. The number of nitrogens with one attached hydrogen (secondary N) is 1. The van der Waals surface area contributed by atoms with Crippen LogP contribution in [-0.2, 0) is 0 Å². The molecule has 1 saturated heterocycles. The van der Waals surface area contributed by atoms with Crippen LogP contribution in [0.25, 0.3) is 0 Å². The Labute approximate surface area is 99.2 Å². The molecule has 0 aromatic rings. The van der Waals surface area contributed by atoms with Crippen molar-refractivity contribution in [2.45, 2.75) is 31.8 Å². The zero-order valence-corrected chi connectivity index (χ0v) is 10.7. The first kappa shape index (κ1) is 13.4. The van der Waals surface area contributed by atoms with E-state index >= 15 is 0 Å². The van der Waals surface area contributed by atoms with Crippen LogP contribution in [0.5, 0.6) is 0 Å². The van der Waals surface area contributed by atoms with Crippen LogP contribution in [0.15, 0.2) is 0 Å². The molecule has 4 nitrogen and oxygen atoms in total. The smallest absolute Gasteiger partial charge is 0.0638 e. The lowest BCUT2D eigenvalue weighted by Gasteiger charge is -2.33. The molecule has 0 saturated carbocycles. The van der Waals surface area contributed by atoms with E-state index in [1.165, 1.54) is 6.42 Å². The molecule has 1 rings (SSSR count). The Kier molecular flexibility index (Phi) is 5.75. The van der Waals surface area contributed by atoms with Gasteiger partial charge in [0, 0.05) is 31.7 Å². The maximum Gasteiger partial charge on any atom is 0.0638 e. The molecular weight excluding hydrogens is 200 g/mol. The van der Waals surface area contributed by atoms with E-state index in [-0.39, 0.29) is 0 Å². The summed E-state index contributed by atoms with van der Waals surface area (Å²) >= 11 is 0. The van der Waals surface area contributed by atoms with Crippen LogP contribution >= 0.6 is 0 Å². The topological polar surface area (TPSA) is 42.3 Å². The average Bonchev–Trinajstić information content (AvgIpc) is 2.39. The zero-order chi connectivity index (χ0) is 12.0. The lowest BCUT2D eigenvalue weighted by molar-refractivity contribution is 0.141. The van der Waals surface area contributed by atoms with Crippen molar-refractivity contribution in [2.24, 2.45) is 0 Å². The summed E-state index contributed by atoms with van der Waals surface area (Å²) in [5.74, 6) is 0. The van der Waals surface area contributed by atoms with E-state index in [0.717, 1.165) is 26.2 Å². The van der Waals surface area contributed by atoms with Crippen molar-refractivity contribution in [3.05, 3.63) is 0 Å². The van der Waals surface area contributed by atoms with Gasteiger partial charge < -0.3 is 10.2 Å². The van der Waals surface area contributed by atoms with Gasteiger partial charge in [0.2, 0.25) is 0 Å². The summed E-state index contributed by atoms with van der Waals surface area (Å²) in [4.78, 5) is 4.69. The van der Waals surface area contributed by atoms with E-state index in [4.69, 9.17) is 5.26 Å². The largest absolute Gasteiger partial charge is 0.315 e. The van der Waals surface area contributed by atoms with Gasteiger partial charge in [-0.05, 0) is 34.0 Å². The normalized spacial score (nSPS) is 27.7. The average molecular weight is 224 g/mol. The van der Waals surface area contributed by atoms with Crippen LogP contribution in [0.3, 0.4) is 0 Å². The Morgan fingerprint density at radius 2 is 2.25 bits per heavy atom. The summed E-state index contributed by atoms with van der Waals surface area (Å²) < 4.78 is 0. The Balaban J connectivity index is 2.58. The number of rotatable bonds is 4. The Hall–Kier alpha value is -0.630. The second-order valence-corrected chi connectivity index (χ2v) is 4.90. The van der Waals surface area contributed by atoms with Gasteiger partial charge in [0.25, 0.3) is 0 Å². The second kappa shape index (κ2) is 6.85. The number of hydrogen-bond acceptors (Lipinski definition) is 4. The molecule has 0 aromatic heterocycles. The lowest BCUT2D eigenvalue weighted by Crippen LogP contribution is -2.46. The molecular formula is C12H24N4. The molecule has 0 radical (unpaired) electrons. The zero-order valence-electron chi connectivity index (χ0n) is 10.7. The van der Waals surface area contributed by atoms with Crippen molar-refractivity contribution in [1.29, 1.82) is 5.26 Å². The fourth-order valence-electron chi connectivity index (χ4n) is 2.24. The molecule has 1 fully saturated rings. The van der Waals surface area contributed by atoms with Crippen LogP contribution < -0.4 is 5.32 Å².